The average Bonchev–Trinajstić information content (AvgIpc) is 3.62. The van der Waals surface area contributed by atoms with Gasteiger partial charge in [0.15, 0.2) is 19.0 Å². The molecular weight excluding hydrogens is 1060 g/mol. The molecule has 412 valence electrons. The van der Waals surface area contributed by atoms with Gasteiger partial charge in [0.2, 0.25) is 17.7 Å². The van der Waals surface area contributed by atoms with Crippen LogP contribution in [0.4, 0.5) is 20.2 Å². The van der Waals surface area contributed by atoms with Gasteiger partial charge >= 0.3 is 11.9 Å². The summed E-state index contributed by atoms with van der Waals surface area (Å²) in [6.45, 7) is 6.01. The molecule has 4 amide bonds. The average molecular weight is 1120 g/mol. The van der Waals surface area contributed by atoms with E-state index < -0.39 is 77.2 Å². The molecule has 0 aromatic heterocycles. The van der Waals surface area contributed by atoms with Crippen molar-refractivity contribution in [2.24, 2.45) is 5.92 Å². The topological polar surface area (TPSA) is 229 Å². The number of carbonyl (C=O) groups excluding carboxylic acids is 5. The molecule has 5 N–H and O–H groups in total. The third-order valence-electron chi connectivity index (χ3n) is 12.8. The van der Waals surface area contributed by atoms with Crippen molar-refractivity contribution in [3.05, 3.63) is 191 Å². The van der Waals surface area contributed by atoms with Gasteiger partial charge in [-0.05, 0) is 109 Å². The van der Waals surface area contributed by atoms with E-state index >= 15 is 0 Å². The number of ketones is 1. The molecule has 2 heterocycles. The van der Waals surface area contributed by atoms with E-state index in [0.29, 0.717) is 34.2 Å². The number of aliphatic hydroxyl groups excluding tert-OH is 1. The molecule has 2 fully saturated rings. The van der Waals surface area contributed by atoms with Crippen molar-refractivity contribution >= 4 is 76.2 Å². The molecule has 2 aliphatic heterocycles. The molecule has 20 heteroatoms. The Labute approximate surface area is 463 Å². The Kier molecular flexibility index (Phi) is 20.0. The van der Waals surface area contributed by atoms with E-state index in [1.54, 1.807) is 109 Å². The summed E-state index contributed by atoms with van der Waals surface area (Å²) in [4.78, 5) is 88.5. The van der Waals surface area contributed by atoms with Gasteiger partial charge in [-0.2, -0.15) is 0 Å². The minimum Gasteiger partial charge on any atom is -0.484 e. The highest BCUT2D eigenvalue weighted by molar-refractivity contribution is 8.01. The van der Waals surface area contributed by atoms with Crippen LogP contribution in [0, 0.1) is 31.4 Å². The van der Waals surface area contributed by atoms with Crippen LogP contribution in [-0.2, 0) is 28.8 Å². The molecule has 0 spiro atoms. The zero-order chi connectivity index (χ0) is 56.9. The van der Waals surface area contributed by atoms with Crippen molar-refractivity contribution in [1.29, 1.82) is 0 Å². The maximum atomic E-state index is 13.6. The number of nitrogens with zero attached hydrogens (tertiary/aromatic N) is 2. The van der Waals surface area contributed by atoms with Crippen molar-refractivity contribution in [1.82, 2.24) is 10.6 Å². The predicted molar refractivity (Wildman–Crippen MR) is 296 cm³/mol. The summed E-state index contributed by atoms with van der Waals surface area (Å²) in [6.07, 6.45) is -0.759. The predicted octanol–water partition coefficient (Wildman–Crippen LogP) is 8.45. The van der Waals surface area contributed by atoms with Crippen LogP contribution in [0.25, 0.3) is 0 Å². The molecule has 6 aromatic carbocycles. The van der Waals surface area contributed by atoms with Crippen LogP contribution in [0.1, 0.15) is 70.2 Å². The number of carbonyl (C=O) groups is 7. The van der Waals surface area contributed by atoms with Crippen LogP contribution in [0.3, 0.4) is 0 Å². The van der Waals surface area contributed by atoms with Crippen molar-refractivity contribution in [2.75, 3.05) is 41.1 Å². The van der Waals surface area contributed by atoms with Gasteiger partial charge < -0.3 is 45.2 Å². The van der Waals surface area contributed by atoms with Gasteiger partial charge in [-0.15, -0.1) is 23.5 Å². The number of aliphatic hydroxyl groups is 1. The Morgan fingerprint density at radius 2 is 1.06 bits per heavy atom. The highest BCUT2D eigenvalue weighted by Gasteiger charge is 2.50. The Hall–Kier alpha value is -8.07. The van der Waals surface area contributed by atoms with E-state index in [-0.39, 0.29) is 41.9 Å². The Morgan fingerprint density at radius 3 is 1.52 bits per heavy atom. The van der Waals surface area contributed by atoms with Gasteiger partial charge in [0.05, 0.1) is 30.5 Å². The fourth-order valence-electron chi connectivity index (χ4n) is 8.53. The number of carboxylic acids is 2. The first-order valence-corrected chi connectivity index (χ1v) is 27.1. The number of amides is 4. The second kappa shape index (κ2) is 27.0. The summed E-state index contributed by atoms with van der Waals surface area (Å²) in [5, 5.41) is 32.5. The number of nitrogens with one attached hydrogen (secondary N) is 2. The zero-order valence-electron chi connectivity index (χ0n) is 43.4. The van der Waals surface area contributed by atoms with Crippen molar-refractivity contribution in [3.63, 3.8) is 0 Å². The second-order valence-corrected chi connectivity index (χ2v) is 21.3. The molecule has 2 saturated heterocycles. The number of carboxylic acid groups (broad SMARTS) is 2. The third-order valence-corrected chi connectivity index (χ3v) is 15.4. The fourth-order valence-corrected chi connectivity index (χ4v) is 11.0. The summed E-state index contributed by atoms with van der Waals surface area (Å²) in [6, 6.07) is 38.1. The molecule has 8 rings (SSSR count). The van der Waals surface area contributed by atoms with Crippen molar-refractivity contribution in [2.45, 2.75) is 62.4 Å². The molecular formula is C59H58F2N4O12S2. The number of hydrogen-bond donors (Lipinski definition) is 5. The van der Waals surface area contributed by atoms with E-state index in [1.165, 1.54) is 47.8 Å². The van der Waals surface area contributed by atoms with Gasteiger partial charge in [0, 0.05) is 22.7 Å². The lowest BCUT2D eigenvalue weighted by Gasteiger charge is -2.47. The number of hydrogen-bond acceptors (Lipinski definition) is 12. The molecule has 79 heavy (non-hydrogen) atoms. The molecule has 6 atom stereocenters. The Morgan fingerprint density at radius 1 is 0.608 bits per heavy atom. The first-order valence-electron chi connectivity index (χ1n) is 25.0. The Balaban J connectivity index is 0.000000237. The minimum absolute atomic E-state index is 0.0609. The smallest absolute Gasteiger partial charge is 0.341 e. The number of thioether (sulfide) groups is 2. The van der Waals surface area contributed by atoms with Crippen molar-refractivity contribution in [3.8, 4) is 11.5 Å². The van der Waals surface area contributed by atoms with E-state index in [4.69, 9.17) is 14.6 Å². The number of aryl methyl sites for hydroxylation is 2. The lowest BCUT2D eigenvalue weighted by atomic mass is 9.92. The maximum absolute atomic E-state index is 13.6. The minimum atomic E-state index is -1.16. The number of benzene rings is 6. The number of aliphatic carboxylic acids is 2. The largest absolute Gasteiger partial charge is 0.484 e. The van der Waals surface area contributed by atoms with Crippen LogP contribution in [0.5, 0.6) is 11.5 Å². The van der Waals surface area contributed by atoms with E-state index in [2.05, 4.69) is 10.6 Å². The highest BCUT2D eigenvalue weighted by Crippen LogP contribution is 2.47. The van der Waals surface area contributed by atoms with Crippen LogP contribution >= 0.6 is 23.5 Å². The van der Waals surface area contributed by atoms with Crippen LogP contribution in [0.2, 0.25) is 0 Å². The number of rotatable bonds is 23. The monoisotopic (exact) mass is 1120 g/mol. The van der Waals surface area contributed by atoms with Crippen LogP contribution < -0.4 is 29.9 Å². The third kappa shape index (κ3) is 15.4. The number of halogens is 2. The summed E-state index contributed by atoms with van der Waals surface area (Å²) in [5.74, 6) is -3.74. The zero-order valence-corrected chi connectivity index (χ0v) is 45.0. The maximum Gasteiger partial charge on any atom is 0.341 e. The van der Waals surface area contributed by atoms with Gasteiger partial charge in [0.1, 0.15) is 39.7 Å². The van der Waals surface area contributed by atoms with Crippen LogP contribution in [-0.4, -0.2) is 104 Å². The number of anilines is 2. The molecule has 0 saturated carbocycles. The summed E-state index contributed by atoms with van der Waals surface area (Å²) < 4.78 is 37.8. The van der Waals surface area contributed by atoms with Crippen LogP contribution in [0.15, 0.2) is 146 Å². The van der Waals surface area contributed by atoms with E-state index in [1.807, 2.05) is 50.2 Å². The highest BCUT2D eigenvalue weighted by atomic mass is 32.2. The SMILES string of the molecule is Cc1ccc(C(=O)CS[C@H]2C(=O)N(c3ccc(F)cc3)[C@@H]2c2ccc(OCC(=O)O)cc2)cc1.Cc1ccc(C(O)CS[C@H]2C(=O)N(c3ccc(F)cc3)[C@@H]2c2ccc(OCC(=O)NCC(=O)N[C@@H](C(=O)O)C(C)C)cc2)cc1. The summed E-state index contributed by atoms with van der Waals surface area (Å²) in [7, 11) is 0. The van der Waals surface area contributed by atoms with Gasteiger partial charge in [0.25, 0.3) is 5.91 Å². The number of ether oxygens (including phenoxy) is 2. The number of β-lactam (4-membered cyclic amide) rings is 2. The van der Waals surface area contributed by atoms with Gasteiger partial charge in [-0.1, -0.05) is 97.8 Å². The lowest BCUT2D eigenvalue weighted by Crippen LogP contribution is -2.57. The Bertz CT molecular complexity index is 3110. The molecule has 0 aliphatic carbocycles. The summed E-state index contributed by atoms with van der Waals surface area (Å²) >= 11 is 2.63. The first kappa shape index (κ1) is 58.6. The molecule has 16 nitrogen and oxygen atoms in total. The molecule has 2 aliphatic rings. The number of Topliss-reactive ketones (excluding diaryl/α,β-unsaturated/α-hetero) is 1. The van der Waals surface area contributed by atoms with Gasteiger partial charge in [-0.25, -0.2) is 18.4 Å². The standard InChI is InChI=1S/C33H36FN3O7S.C26H22FNO5S/c1-19(2)29(33(42)43)36-27(39)16-35-28(40)17-44-25-14-8-22(9-15-25)30-31(32(41)37(30)24-12-10-23(34)11-13-24)45-18-26(38)21-6-4-20(3)5-7-21;1-16-2-4-17(5-3-16)22(29)15-34-25-24(18-6-12-21(13-7-18)33-14-23(30)31)28(26(25)32)20-10-8-19(27)9-11-20/h4-15,19,26,29-31,38H,16-18H2,1-3H3,(H,35,40)(H,36,39)(H,42,43);2-13,24-25H,14-15H2,1H3,(H,30,31)/t26?,29-,30-,31-;24-,25-/m11/s1. The molecule has 6 aromatic rings. The molecule has 0 radical (unpaired) electrons. The molecule has 1 unspecified atom stereocenters. The first-order chi connectivity index (χ1) is 37.8. The quantitative estimate of drug-likeness (QED) is 0.0300. The second-order valence-electron chi connectivity index (χ2n) is 19.0. The fraction of sp³-hybridized carbons (Fsp3) is 0.271. The normalized spacial score (nSPS) is 17.3. The molecule has 0 bridgehead atoms. The van der Waals surface area contributed by atoms with E-state index in [0.717, 1.165) is 27.8 Å². The van der Waals surface area contributed by atoms with E-state index in [9.17, 15) is 52.6 Å². The lowest BCUT2D eigenvalue weighted by molar-refractivity contribution is -0.143. The van der Waals surface area contributed by atoms with Gasteiger partial charge in [-0.3, -0.25) is 24.0 Å². The van der Waals surface area contributed by atoms with Crippen molar-refractivity contribution < 1.29 is 67.1 Å². The summed E-state index contributed by atoms with van der Waals surface area (Å²) in [5.41, 5.74) is 6.19.